The molecule has 2 rings (SSSR count). The summed E-state index contributed by atoms with van der Waals surface area (Å²) in [6, 6.07) is 0.0944. The Labute approximate surface area is 175 Å². The molecule has 2 aliphatic rings. The van der Waals surface area contributed by atoms with Crippen LogP contribution in [0.1, 0.15) is 47.5 Å². The Morgan fingerprint density at radius 2 is 2.14 bits per heavy atom. The van der Waals surface area contributed by atoms with Crippen molar-refractivity contribution in [3.8, 4) is 0 Å². The number of carbonyl (C=O) groups is 1. The van der Waals surface area contributed by atoms with E-state index in [0.29, 0.717) is 32.2 Å². The van der Waals surface area contributed by atoms with Crippen LogP contribution in [0.15, 0.2) is 23.6 Å². The van der Waals surface area contributed by atoms with Crippen LogP contribution in [0.5, 0.6) is 0 Å². The van der Waals surface area contributed by atoms with Crippen molar-refractivity contribution in [2.24, 2.45) is 5.92 Å². The number of aliphatic hydroxyl groups excluding tert-OH is 1. The van der Waals surface area contributed by atoms with Crippen molar-refractivity contribution in [3.05, 3.63) is 23.6 Å². The molecule has 2 aliphatic heterocycles. The fourth-order valence-electron chi connectivity index (χ4n) is 3.41. The number of likely N-dealkylation sites (N-methyl/N-ethyl adjacent to an activating group) is 1. The second kappa shape index (κ2) is 10.5. The molecule has 0 aliphatic carbocycles. The summed E-state index contributed by atoms with van der Waals surface area (Å²) in [6.07, 6.45) is 5.07. The van der Waals surface area contributed by atoms with Gasteiger partial charge in [0.25, 0.3) is 5.91 Å². The second-order valence-corrected chi connectivity index (χ2v) is 9.31. The van der Waals surface area contributed by atoms with Crippen molar-refractivity contribution in [2.75, 3.05) is 40.0 Å². The highest BCUT2D eigenvalue weighted by atomic mass is 16.5. The van der Waals surface area contributed by atoms with Gasteiger partial charge in [-0.1, -0.05) is 18.6 Å². The molecule has 1 fully saturated rings. The number of hydrogen-bond acceptors (Lipinski definition) is 6. The van der Waals surface area contributed by atoms with Crippen molar-refractivity contribution >= 4 is 5.91 Å². The van der Waals surface area contributed by atoms with E-state index in [2.05, 4.69) is 16.3 Å². The van der Waals surface area contributed by atoms with Crippen LogP contribution in [0.3, 0.4) is 0 Å². The van der Waals surface area contributed by atoms with E-state index in [1.54, 1.807) is 11.1 Å². The van der Waals surface area contributed by atoms with Gasteiger partial charge in [0.2, 0.25) is 0 Å². The number of carbonyl (C=O) groups excluding carboxylic acids is 1. The number of morpholine rings is 1. The van der Waals surface area contributed by atoms with E-state index in [1.165, 1.54) is 5.57 Å². The van der Waals surface area contributed by atoms with E-state index in [4.69, 9.17) is 9.47 Å². The topological polar surface area (TPSA) is 74.3 Å². The van der Waals surface area contributed by atoms with E-state index in [9.17, 15) is 9.90 Å². The second-order valence-electron chi connectivity index (χ2n) is 9.31. The standard InChI is InChI=1S/C22H39N3O4/c1-16-7-8-18(11-17(2)23-12-19(16)26)13-24(6)21(27)20-14-25(9-10-28-20)15-29-22(3,4)5/h11-12,16-17,20,23,26H,7-10,13-15H2,1-6H3/b18-11+,19-12+. The van der Waals surface area contributed by atoms with E-state index >= 15 is 0 Å². The summed E-state index contributed by atoms with van der Waals surface area (Å²) < 4.78 is 11.6. The number of rotatable bonds is 5. The fraction of sp³-hybridized carbons (Fsp3) is 0.773. The fourth-order valence-corrected chi connectivity index (χ4v) is 3.41. The lowest BCUT2D eigenvalue weighted by Crippen LogP contribution is -2.51. The Balaban J connectivity index is 1.92. The molecule has 0 aromatic rings. The van der Waals surface area contributed by atoms with Crippen molar-refractivity contribution in [1.29, 1.82) is 0 Å². The Kier molecular flexibility index (Phi) is 8.55. The van der Waals surface area contributed by atoms with Crippen LogP contribution in [-0.4, -0.2) is 78.6 Å². The minimum Gasteiger partial charge on any atom is -0.511 e. The van der Waals surface area contributed by atoms with Crippen molar-refractivity contribution in [3.63, 3.8) is 0 Å². The third-order valence-electron chi connectivity index (χ3n) is 5.31. The molecule has 0 aromatic carbocycles. The largest absolute Gasteiger partial charge is 0.511 e. The number of ether oxygens (including phenoxy) is 2. The molecule has 7 heteroatoms. The maximum atomic E-state index is 13.0. The summed E-state index contributed by atoms with van der Waals surface area (Å²) in [4.78, 5) is 16.9. The highest BCUT2D eigenvalue weighted by Crippen LogP contribution is 2.20. The van der Waals surface area contributed by atoms with Crippen molar-refractivity contribution in [1.82, 2.24) is 15.1 Å². The molecule has 2 heterocycles. The molecule has 0 bridgehead atoms. The lowest BCUT2D eigenvalue weighted by atomic mass is 9.99. The van der Waals surface area contributed by atoms with Crippen LogP contribution < -0.4 is 5.32 Å². The summed E-state index contributed by atoms with van der Waals surface area (Å²) in [5.41, 5.74) is 0.989. The summed E-state index contributed by atoms with van der Waals surface area (Å²) >= 11 is 0. The molecule has 3 atom stereocenters. The van der Waals surface area contributed by atoms with Gasteiger partial charge in [-0.25, -0.2) is 0 Å². The van der Waals surface area contributed by atoms with Gasteiger partial charge in [0.1, 0.15) is 11.9 Å². The Hall–Kier alpha value is -1.57. The maximum Gasteiger partial charge on any atom is 0.253 e. The van der Waals surface area contributed by atoms with Crippen molar-refractivity contribution < 1.29 is 19.4 Å². The molecule has 7 nitrogen and oxygen atoms in total. The highest BCUT2D eigenvalue weighted by molar-refractivity contribution is 5.81. The number of nitrogens with one attached hydrogen (secondary N) is 1. The van der Waals surface area contributed by atoms with Crippen LogP contribution in [0.4, 0.5) is 0 Å². The Morgan fingerprint density at radius 3 is 2.83 bits per heavy atom. The van der Waals surface area contributed by atoms with Crippen LogP contribution in [0.25, 0.3) is 0 Å². The van der Waals surface area contributed by atoms with E-state index in [1.807, 2.05) is 41.7 Å². The van der Waals surface area contributed by atoms with Crippen LogP contribution in [0.2, 0.25) is 0 Å². The summed E-state index contributed by atoms with van der Waals surface area (Å²) in [5.74, 6) is 0.472. The van der Waals surface area contributed by atoms with Crippen LogP contribution in [0, 0.1) is 5.92 Å². The Bertz CT molecular complexity index is 612. The average Bonchev–Trinajstić information content (AvgIpc) is 2.72. The number of nitrogens with zero attached hydrogens (tertiary/aromatic N) is 2. The van der Waals surface area contributed by atoms with Gasteiger partial charge >= 0.3 is 0 Å². The monoisotopic (exact) mass is 409 g/mol. The van der Waals surface area contributed by atoms with Gasteiger partial charge in [-0.2, -0.15) is 0 Å². The summed E-state index contributed by atoms with van der Waals surface area (Å²) in [7, 11) is 1.83. The van der Waals surface area contributed by atoms with Gasteiger partial charge in [-0.3, -0.25) is 9.69 Å². The molecule has 1 amide bonds. The molecular weight excluding hydrogens is 370 g/mol. The first-order chi connectivity index (χ1) is 13.5. The SMILES string of the molecule is CC1/C=C(/CN(C)C(=O)C2CN(COC(C)(C)C)CCO2)CCC(C)/C(O)=C\N1. The van der Waals surface area contributed by atoms with Crippen LogP contribution in [-0.2, 0) is 14.3 Å². The predicted octanol–water partition coefficient (Wildman–Crippen LogP) is 2.65. The third kappa shape index (κ3) is 7.99. The van der Waals surface area contributed by atoms with Gasteiger partial charge < -0.3 is 24.8 Å². The van der Waals surface area contributed by atoms with Gasteiger partial charge in [0, 0.05) is 44.8 Å². The first kappa shape index (κ1) is 23.7. The molecule has 29 heavy (non-hydrogen) atoms. The third-order valence-corrected chi connectivity index (χ3v) is 5.31. The minimum absolute atomic E-state index is 0.000800. The number of allylic oxidation sites excluding steroid dienone is 1. The van der Waals surface area contributed by atoms with Crippen LogP contribution >= 0.6 is 0 Å². The first-order valence-corrected chi connectivity index (χ1v) is 10.6. The molecule has 0 radical (unpaired) electrons. The molecule has 2 N–H and O–H groups in total. The van der Waals surface area contributed by atoms with Gasteiger partial charge in [0.05, 0.1) is 18.9 Å². The zero-order valence-corrected chi connectivity index (χ0v) is 18.9. The summed E-state index contributed by atoms with van der Waals surface area (Å²) in [5, 5.41) is 13.2. The van der Waals surface area contributed by atoms with E-state index in [0.717, 1.165) is 19.4 Å². The molecular formula is C22H39N3O4. The van der Waals surface area contributed by atoms with Gasteiger partial charge in [0.15, 0.2) is 0 Å². The van der Waals surface area contributed by atoms with E-state index < -0.39 is 6.10 Å². The minimum atomic E-state index is -0.463. The zero-order chi connectivity index (χ0) is 21.6. The quantitative estimate of drug-likeness (QED) is 0.680. The molecule has 1 saturated heterocycles. The zero-order valence-electron chi connectivity index (χ0n) is 18.9. The maximum absolute atomic E-state index is 13.0. The molecule has 166 valence electrons. The number of amides is 1. The average molecular weight is 410 g/mol. The van der Waals surface area contributed by atoms with Gasteiger partial charge in [-0.15, -0.1) is 0 Å². The molecule has 3 unspecified atom stereocenters. The molecule has 0 spiro atoms. The Morgan fingerprint density at radius 1 is 1.41 bits per heavy atom. The number of aliphatic hydroxyl groups is 1. The lowest BCUT2D eigenvalue weighted by molar-refractivity contribution is -0.154. The van der Waals surface area contributed by atoms with Gasteiger partial charge in [-0.05, 0) is 40.5 Å². The first-order valence-electron chi connectivity index (χ1n) is 10.6. The smallest absolute Gasteiger partial charge is 0.253 e. The lowest BCUT2D eigenvalue weighted by Gasteiger charge is -2.35. The summed E-state index contributed by atoms with van der Waals surface area (Å²) in [6.45, 7) is 13.1. The highest BCUT2D eigenvalue weighted by Gasteiger charge is 2.30. The van der Waals surface area contributed by atoms with Crippen molar-refractivity contribution in [2.45, 2.75) is 65.2 Å². The normalized spacial score (nSPS) is 30.6. The number of hydrogen-bond donors (Lipinski definition) is 2. The molecule has 0 saturated carbocycles. The van der Waals surface area contributed by atoms with E-state index in [-0.39, 0.29) is 23.5 Å². The predicted molar refractivity (Wildman–Crippen MR) is 114 cm³/mol. The molecule has 0 aromatic heterocycles.